The van der Waals surface area contributed by atoms with Gasteiger partial charge in [-0.2, -0.15) is 5.10 Å². The van der Waals surface area contributed by atoms with Crippen molar-refractivity contribution in [3.63, 3.8) is 0 Å². The molecule has 0 saturated heterocycles. The molecule has 0 atom stereocenters. The van der Waals surface area contributed by atoms with E-state index in [1.165, 1.54) is 24.6 Å². The molecule has 7 heteroatoms. The zero-order valence-corrected chi connectivity index (χ0v) is 17.2. The number of ether oxygens (including phenoxy) is 2. The molecule has 0 radical (unpaired) electrons. The van der Waals surface area contributed by atoms with E-state index >= 15 is 0 Å². The Morgan fingerprint density at radius 2 is 1.94 bits per heavy atom. The van der Waals surface area contributed by atoms with Gasteiger partial charge in [0.25, 0.3) is 5.91 Å². The third-order valence-electron chi connectivity index (χ3n) is 4.32. The fourth-order valence-corrected chi connectivity index (χ4v) is 2.58. The molecule has 0 spiro atoms. The Bertz CT molecular complexity index is 1100. The highest BCUT2D eigenvalue weighted by Crippen LogP contribution is 2.20. The van der Waals surface area contributed by atoms with Crippen LogP contribution in [0.2, 0.25) is 0 Å². The minimum Gasteiger partial charge on any atom is -0.483 e. The Labute approximate surface area is 180 Å². The predicted octanol–water partition coefficient (Wildman–Crippen LogP) is 4.04. The molecule has 158 valence electrons. The molecule has 0 saturated carbocycles. The molecule has 3 rings (SSSR count). The lowest BCUT2D eigenvalue weighted by atomic mass is 10.1. The first-order valence-electron chi connectivity index (χ1n) is 9.55. The summed E-state index contributed by atoms with van der Waals surface area (Å²) in [6.45, 7) is 3.77. The fourth-order valence-electron chi connectivity index (χ4n) is 2.58. The van der Waals surface area contributed by atoms with Gasteiger partial charge in [0, 0.05) is 6.08 Å². The number of nitrogens with one attached hydrogen (secondary N) is 1. The number of carbonyl (C=O) groups is 2. The van der Waals surface area contributed by atoms with E-state index in [4.69, 9.17) is 13.9 Å². The molecule has 0 unspecified atom stereocenters. The molecule has 7 nitrogen and oxygen atoms in total. The van der Waals surface area contributed by atoms with E-state index in [0.29, 0.717) is 22.8 Å². The van der Waals surface area contributed by atoms with Crippen LogP contribution in [0.4, 0.5) is 0 Å². The number of rotatable bonds is 8. The van der Waals surface area contributed by atoms with Crippen LogP contribution < -0.4 is 14.9 Å². The average molecular weight is 418 g/mol. The van der Waals surface area contributed by atoms with Crippen molar-refractivity contribution in [1.82, 2.24) is 5.43 Å². The monoisotopic (exact) mass is 418 g/mol. The van der Waals surface area contributed by atoms with Gasteiger partial charge in [-0.15, -0.1) is 0 Å². The van der Waals surface area contributed by atoms with E-state index in [1.807, 2.05) is 32.0 Å². The van der Waals surface area contributed by atoms with Gasteiger partial charge in [-0.05, 0) is 66.9 Å². The highest BCUT2D eigenvalue weighted by Gasteiger charge is 2.05. The van der Waals surface area contributed by atoms with Gasteiger partial charge >= 0.3 is 5.97 Å². The Morgan fingerprint density at radius 3 is 2.74 bits per heavy atom. The van der Waals surface area contributed by atoms with Crippen LogP contribution >= 0.6 is 0 Å². The average Bonchev–Trinajstić information content (AvgIpc) is 3.27. The van der Waals surface area contributed by atoms with Crippen molar-refractivity contribution in [2.24, 2.45) is 5.10 Å². The molecular weight excluding hydrogens is 396 g/mol. The summed E-state index contributed by atoms with van der Waals surface area (Å²) in [5.41, 5.74) is 5.14. The van der Waals surface area contributed by atoms with E-state index in [9.17, 15) is 9.59 Å². The van der Waals surface area contributed by atoms with Crippen LogP contribution in [-0.4, -0.2) is 24.7 Å². The van der Waals surface area contributed by atoms with Crippen LogP contribution in [-0.2, 0) is 9.59 Å². The second-order valence-electron chi connectivity index (χ2n) is 6.62. The van der Waals surface area contributed by atoms with E-state index < -0.39 is 5.97 Å². The van der Waals surface area contributed by atoms with Gasteiger partial charge in [-0.3, -0.25) is 4.79 Å². The first kappa shape index (κ1) is 21.6. The van der Waals surface area contributed by atoms with Crippen molar-refractivity contribution in [2.75, 3.05) is 6.61 Å². The highest BCUT2D eigenvalue weighted by molar-refractivity contribution is 5.89. The molecule has 1 aromatic heterocycles. The van der Waals surface area contributed by atoms with Crippen molar-refractivity contribution >= 4 is 24.2 Å². The van der Waals surface area contributed by atoms with Crippen LogP contribution in [0.3, 0.4) is 0 Å². The van der Waals surface area contributed by atoms with E-state index in [0.717, 1.165) is 11.1 Å². The van der Waals surface area contributed by atoms with E-state index in [2.05, 4.69) is 10.5 Å². The number of esters is 1. The highest BCUT2D eigenvalue weighted by atomic mass is 16.5. The maximum Gasteiger partial charge on any atom is 0.336 e. The van der Waals surface area contributed by atoms with E-state index in [-0.39, 0.29) is 12.5 Å². The summed E-state index contributed by atoms with van der Waals surface area (Å²) in [5.74, 6) is 0.637. The minimum atomic E-state index is -0.539. The molecule has 0 aliphatic carbocycles. The van der Waals surface area contributed by atoms with Crippen LogP contribution in [0.25, 0.3) is 6.08 Å². The van der Waals surface area contributed by atoms with Gasteiger partial charge in [-0.25, -0.2) is 10.2 Å². The molecule has 2 aromatic carbocycles. The number of hydrogen-bond donors (Lipinski definition) is 1. The quantitative estimate of drug-likeness (QED) is 0.196. The molecule has 1 amide bonds. The van der Waals surface area contributed by atoms with Crippen molar-refractivity contribution in [1.29, 1.82) is 0 Å². The largest absolute Gasteiger partial charge is 0.483 e. The molecule has 0 aliphatic heterocycles. The lowest BCUT2D eigenvalue weighted by Crippen LogP contribution is -2.24. The first-order chi connectivity index (χ1) is 15.0. The molecule has 0 bridgehead atoms. The SMILES string of the molecule is Cc1cccc(OCC(=O)N/N=C/c2cccc(OC(=O)/C=C/c3ccco3)c2)c1C. The number of furan rings is 1. The Morgan fingerprint density at radius 1 is 1.10 bits per heavy atom. The number of nitrogens with zero attached hydrogens (tertiary/aromatic N) is 1. The molecule has 3 aromatic rings. The summed E-state index contributed by atoms with van der Waals surface area (Å²) < 4.78 is 15.9. The van der Waals surface area contributed by atoms with Crippen LogP contribution in [0.15, 0.2) is 76.5 Å². The molecule has 0 aliphatic rings. The van der Waals surface area contributed by atoms with Gasteiger partial charge in [-0.1, -0.05) is 24.3 Å². The smallest absolute Gasteiger partial charge is 0.336 e. The fraction of sp³-hybridized carbons (Fsp3) is 0.125. The van der Waals surface area contributed by atoms with Crippen LogP contribution in [0.1, 0.15) is 22.5 Å². The van der Waals surface area contributed by atoms with Gasteiger partial charge in [0.1, 0.15) is 17.3 Å². The number of hydrogen-bond acceptors (Lipinski definition) is 6. The summed E-state index contributed by atoms with van der Waals surface area (Å²) in [7, 11) is 0. The van der Waals surface area contributed by atoms with Crippen LogP contribution in [0.5, 0.6) is 11.5 Å². The van der Waals surface area contributed by atoms with Gasteiger partial charge < -0.3 is 13.9 Å². The van der Waals surface area contributed by atoms with Crippen LogP contribution in [0, 0.1) is 13.8 Å². The number of carbonyl (C=O) groups excluding carboxylic acids is 2. The van der Waals surface area contributed by atoms with E-state index in [1.54, 1.807) is 36.4 Å². The molecule has 1 N–H and O–H groups in total. The predicted molar refractivity (Wildman–Crippen MR) is 117 cm³/mol. The van der Waals surface area contributed by atoms with Gasteiger partial charge in [0.05, 0.1) is 12.5 Å². The zero-order valence-electron chi connectivity index (χ0n) is 17.2. The Hall–Kier alpha value is -4.13. The van der Waals surface area contributed by atoms with Crippen molar-refractivity contribution in [3.05, 3.63) is 89.4 Å². The standard InChI is InChI=1S/C24H22N2O5/c1-17-6-3-10-22(18(17)2)30-16-23(27)26-25-15-19-7-4-8-21(14-19)31-24(28)12-11-20-9-5-13-29-20/h3-15H,16H2,1-2H3,(H,26,27)/b12-11+,25-15+. The van der Waals surface area contributed by atoms with Gasteiger partial charge in [0.2, 0.25) is 0 Å². The summed E-state index contributed by atoms with van der Waals surface area (Å²) in [6.07, 6.45) is 5.76. The molecule has 1 heterocycles. The van der Waals surface area contributed by atoms with Crippen molar-refractivity contribution < 1.29 is 23.5 Å². The third-order valence-corrected chi connectivity index (χ3v) is 4.32. The van der Waals surface area contributed by atoms with Crippen molar-refractivity contribution in [3.8, 4) is 11.5 Å². The Kier molecular flexibility index (Phi) is 7.37. The van der Waals surface area contributed by atoms with Gasteiger partial charge in [0.15, 0.2) is 6.61 Å². The van der Waals surface area contributed by atoms with Crippen molar-refractivity contribution in [2.45, 2.75) is 13.8 Å². The maximum atomic E-state index is 12.0. The normalized spacial score (nSPS) is 11.0. The summed E-state index contributed by atoms with van der Waals surface area (Å²) in [4.78, 5) is 23.9. The molecule has 0 fully saturated rings. The minimum absolute atomic E-state index is 0.151. The number of aryl methyl sites for hydroxylation is 1. The summed E-state index contributed by atoms with van der Waals surface area (Å²) in [6, 6.07) is 15.9. The topological polar surface area (TPSA) is 90.1 Å². The summed E-state index contributed by atoms with van der Waals surface area (Å²) >= 11 is 0. The maximum absolute atomic E-state index is 12.0. The number of amides is 1. The second kappa shape index (κ2) is 10.6. The number of benzene rings is 2. The lowest BCUT2D eigenvalue weighted by Gasteiger charge is -2.09. The second-order valence-corrected chi connectivity index (χ2v) is 6.62. The number of hydrazone groups is 1. The summed E-state index contributed by atoms with van der Waals surface area (Å²) in [5, 5.41) is 3.91. The molecule has 31 heavy (non-hydrogen) atoms. The first-order valence-corrected chi connectivity index (χ1v) is 9.55. The third kappa shape index (κ3) is 6.71. The molecular formula is C24H22N2O5. The zero-order chi connectivity index (χ0) is 22.1. The Balaban J connectivity index is 1.49. The lowest BCUT2D eigenvalue weighted by molar-refractivity contribution is -0.129.